The SMILES string of the molecule is CCC(C)Cc1ccc(C(=O)C2C=CC=C2)cc1. The summed E-state index contributed by atoms with van der Waals surface area (Å²) in [7, 11) is 0. The van der Waals surface area contributed by atoms with Gasteiger partial charge in [0.1, 0.15) is 0 Å². The normalized spacial score (nSPS) is 16.1. The van der Waals surface area contributed by atoms with Crippen molar-refractivity contribution >= 4 is 5.78 Å². The van der Waals surface area contributed by atoms with Crippen molar-refractivity contribution in [1.82, 2.24) is 0 Å². The van der Waals surface area contributed by atoms with Crippen LogP contribution in [0, 0.1) is 11.8 Å². The van der Waals surface area contributed by atoms with E-state index in [4.69, 9.17) is 0 Å². The van der Waals surface area contributed by atoms with Crippen LogP contribution in [0.1, 0.15) is 36.2 Å². The second kappa shape index (κ2) is 5.81. The van der Waals surface area contributed by atoms with Crippen LogP contribution in [0.2, 0.25) is 0 Å². The van der Waals surface area contributed by atoms with Crippen molar-refractivity contribution in [3.63, 3.8) is 0 Å². The maximum Gasteiger partial charge on any atom is 0.173 e. The van der Waals surface area contributed by atoms with E-state index in [0.717, 1.165) is 12.0 Å². The first-order valence-electron chi connectivity index (χ1n) is 6.69. The second-order valence-electron chi connectivity index (χ2n) is 5.07. The molecule has 0 bridgehead atoms. The summed E-state index contributed by atoms with van der Waals surface area (Å²) >= 11 is 0. The topological polar surface area (TPSA) is 17.1 Å². The van der Waals surface area contributed by atoms with Crippen LogP contribution < -0.4 is 0 Å². The van der Waals surface area contributed by atoms with E-state index in [1.807, 2.05) is 36.4 Å². The first-order chi connectivity index (χ1) is 8.70. The Balaban J connectivity index is 2.05. The summed E-state index contributed by atoms with van der Waals surface area (Å²) in [6.45, 7) is 4.47. The molecule has 0 N–H and O–H groups in total. The zero-order valence-corrected chi connectivity index (χ0v) is 11.1. The molecular formula is C17H20O. The van der Waals surface area contributed by atoms with Crippen molar-refractivity contribution < 1.29 is 4.79 Å². The molecule has 1 nitrogen and oxygen atoms in total. The van der Waals surface area contributed by atoms with Crippen LogP contribution in [-0.2, 0) is 6.42 Å². The summed E-state index contributed by atoms with van der Waals surface area (Å²) in [6.07, 6.45) is 10.0. The molecule has 2 rings (SSSR count). The maximum atomic E-state index is 12.1. The van der Waals surface area contributed by atoms with Gasteiger partial charge in [-0.2, -0.15) is 0 Å². The van der Waals surface area contributed by atoms with Gasteiger partial charge in [-0.25, -0.2) is 0 Å². The van der Waals surface area contributed by atoms with Crippen molar-refractivity contribution in [3.8, 4) is 0 Å². The van der Waals surface area contributed by atoms with Gasteiger partial charge in [0.2, 0.25) is 0 Å². The average molecular weight is 240 g/mol. The van der Waals surface area contributed by atoms with Crippen LogP contribution in [0.3, 0.4) is 0 Å². The molecule has 0 saturated carbocycles. The number of benzene rings is 1. The van der Waals surface area contributed by atoms with E-state index in [1.165, 1.54) is 12.0 Å². The molecule has 1 aliphatic carbocycles. The molecule has 0 spiro atoms. The third-order valence-electron chi connectivity index (χ3n) is 3.57. The lowest BCUT2D eigenvalue weighted by atomic mass is 9.95. The summed E-state index contributed by atoms with van der Waals surface area (Å²) in [5.41, 5.74) is 2.13. The fourth-order valence-corrected chi connectivity index (χ4v) is 2.15. The molecule has 1 aromatic carbocycles. The summed E-state index contributed by atoms with van der Waals surface area (Å²) < 4.78 is 0. The van der Waals surface area contributed by atoms with Gasteiger partial charge in [0.15, 0.2) is 5.78 Å². The minimum Gasteiger partial charge on any atom is -0.293 e. The van der Waals surface area contributed by atoms with E-state index < -0.39 is 0 Å². The standard InChI is InChI=1S/C17H20O/c1-3-13(2)12-14-8-10-16(11-9-14)17(18)15-6-4-5-7-15/h4-11,13,15H,3,12H2,1-2H3. The molecule has 18 heavy (non-hydrogen) atoms. The van der Waals surface area contributed by atoms with Crippen molar-refractivity contribution in [1.29, 1.82) is 0 Å². The van der Waals surface area contributed by atoms with Gasteiger partial charge >= 0.3 is 0 Å². The molecule has 0 heterocycles. The molecule has 94 valence electrons. The van der Waals surface area contributed by atoms with Gasteiger partial charge in [-0.1, -0.05) is 68.8 Å². The highest BCUT2D eigenvalue weighted by molar-refractivity contribution is 6.00. The van der Waals surface area contributed by atoms with Gasteiger partial charge in [-0.3, -0.25) is 4.79 Å². The Kier molecular flexibility index (Phi) is 4.14. The molecular weight excluding hydrogens is 220 g/mol. The molecule has 1 atom stereocenters. The summed E-state index contributed by atoms with van der Waals surface area (Å²) in [5.74, 6) is 0.827. The Labute approximate surface area is 109 Å². The van der Waals surface area contributed by atoms with Crippen molar-refractivity contribution in [3.05, 3.63) is 59.7 Å². The van der Waals surface area contributed by atoms with Gasteiger partial charge < -0.3 is 0 Å². The molecule has 1 unspecified atom stereocenters. The van der Waals surface area contributed by atoms with Crippen molar-refractivity contribution in [2.75, 3.05) is 0 Å². The monoisotopic (exact) mass is 240 g/mol. The molecule has 0 fully saturated rings. The lowest BCUT2D eigenvalue weighted by Crippen LogP contribution is -2.09. The minimum atomic E-state index is -0.0644. The van der Waals surface area contributed by atoms with E-state index in [2.05, 4.69) is 26.0 Å². The predicted octanol–water partition coefficient (Wildman–Crippen LogP) is 4.20. The lowest BCUT2D eigenvalue weighted by molar-refractivity contribution is 0.0966. The molecule has 0 aromatic heterocycles. The third kappa shape index (κ3) is 2.98. The summed E-state index contributed by atoms with van der Waals surface area (Å²) in [6, 6.07) is 8.09. The lowest BCUT2D eigenvalue weighted by Gasteiger charge is -2.09. The van der Waals surface area contributed by atoms with E-state index in [9.17, 15) is 4.79 Å². The van der Waals surface area contributed by atoms with E-state index in [1.54, 1.807) is 0 Å². The summed E-state index contributed by atoms with van der Waals surface area (Å²) in [4.78, 5) is 12.1. The Morgan fingerprint density at radius 2 is 1.78 bits per heavy atom. The van der Waals surface area contributed by atoms with Crippen LogP contribution in [-0.4, -0.2) is 5.78 Å². The molecule has 1 aromatic rings. The molecule has 0 radical (unpaired) electrons. The predicted molar refractivity (Wildman–Crippen MR) is 75.7 cm³/mol. The molecule has 1 aliphatic rings. The Hall–Kier alpha value is -1.63. The van der Waals surface area contributed by atoms with Crippen LogP contribution in [0.15, 0.2) is 48.6 Å². The molecule has 0 aliphatic heterocycles. The number of hydrogen-bond acceptors (Lipinski definition) is 1. The van der Waals surface area contributed by atoms with Gasteiger partial charge in [-0.15, -0.1) is 0 Å². The van der Waals surface area contributed by atoms with Crippen molar-refractivity contribution in [2.24, 2.45) is 11.8 Å². The van der Waals surface area contributed by atoms with Gasteiger partial charge in [-0.05, 0) is 17.9 Å². The first kappa shape index (κ1) is 12.8. The van der Waals surface area contributed by atoms with E-state index in [-0.39, 0.29) is 11.7 Å². The highest BCUT2D eigenvalue weighted by Gasteiger charge is 2.16. The van der Waals surface area contributed by atoms with E-state index in [0.29, 0.717) is 5.92 Å². The average Bonchev–Trinajstić information content (AvgIpc) is 2.92. The Bertz CT molecular complexity index is 453. The first-order valence-corrected chi connectivity index (χ1v) is 6.69. The van der Waals surface area contributed by atoms with Gasteiger partial charge in [0.05, 0.1) is 5.92 Å². The van der Waals surface area contributed by atoms with Gasteiger partial charge in [0.25, 0.3) is 0 Å². The summed E-state index contributed by atoms with van der Waals surface area (Å²) in [5, 5.41) is 0. The maximum absolute atomic E-state index is 12.1. The van der Waals surface area contributed by atoms with E-state index >= 15 is 0 Å². The van der Waals surface area contributed by atoms with Crippen LogP contribution >= 0.6 is 0 Å². The largest absolute Gasteiger partial charge is 0.293 e. The quantitative estimate of drug-likeness (QED) is 0.705. The number of Topliss-reactive ketones (excluding diaryl/α,β-unsaturated/α-hetero) is 1. The highest BCUT2D eigenvalue weighted by atomic mass is 16.1. The zero-order valence-electron chi connectivity index (χ0n) is 11.1. The Morgan fingerprint density at radius 3 is 2.33 bits per heavy atom. The van der Waals surface area contributed by atoms with Gasteiger partial charge in [0, 0.05) is 5.56 Å². The van der Waals surface area contributed by atoms with Crippen LogP contribution in [0.25, 0.3) is 0 Å². The fourth-order valence-electron chi connectivity index (χ4n) is 2.15. The molecule has 1 heteroatoms. The smallest absolute Gasteiger partial charge is 0.173 e. The number of hydrogen-bond donors (Lipinski definition) is 0. The third-order valence-corrected chi connectivity index (χ3v) is 3.57. The number of ketones is 1. The zero-order chi connectivity index (χ0) is 13.0. The molecule has 0 saturated heterocycles. The fraction of sp³-hybridized carbons (Fsp3) is 0.353. The van der Waals surface area contributed by atoms with Crippen LogP contribution in [0.5, 0.6) is 0 Å². The Morgan fingerprint density at radius 1 is 1.17 bits per heavy atom. The second-order valence-corrected chi connectivity index (χ2v) is 5.07. The number of carbonyl (C=O) groups excluding carboxylic acids is 1. The highest BCUT2D eigenvalue weighted by Crippen LogP contribution is 2.18. The number of allylic oxidation sites excluding steroid dienone is 4. The van der Waals surface area contributed by atoms with Crippen LogP contribution in [0.4, 0.5) is 0 Å². The molecule has 0 amide bonds. The minimum absolute atomic E-state index is 0.0644. The number of carbonyl (C=O) groups is 1. The van der Waals surface area contributed by atoms with Crippen molar-refractivity contribution in [2.45, 2.75) is 26.7 Å². The number of rotatable bonds is 5.